The molecule has 1 fully saturated rings. The van der Waals surface area contributed by atoms with Crippen LogP contribution in [0.3, 0.4) is 0 Å². The Morgan fingerprint density at radius 1 is 1.53 bits per heavy atom. The van der Waals surface area contributed by atoms with Gasteiger partial charge in [-0.2, -0.15) is 0 Å². The Balaban J connectivity index is 1.80. The molecule has 1 saturated heterocycles. The number of nitrogens with one attached hydrogen (secondary N) is 1. The Bertz CT molecular complexity index is 411. The van der Waals surface area contributed by atoms with Crippen molar-refractivity contribution in [3.05, 3.63) is 16.1 Å². The Morgan fingerprint density at radius 2 is 2.26 bits per heavy atom. The normalized spacial score (nSPS) is 17.6. The topological polar surface area (TPSA) is 45.2 Å². The first-order valence-corrected chi connectivity index (χ1v) is 7.98. The van der Waals surface area contributed by atoms with Crippen LogP contribution in [0.5, 0.6) is 0 Å². The van der Waals surface area contributed by atoms with E-state index >= 15 is 0 Å². The fourth-order valence-electron chi connectivity index (χ4n) is 2.54. The van der Waals surface area contributed by atoms with Gasteiger partial charge in [-0.1, -0.05) is 6.92 Å². The van der Waals surface area contributed by atoms with E-state index in [0.717, 1.165) is 45.3 Å². The summed E-state index contributed by atoms with van der Waals surface area (Å²) in [5.41, 5.74) is 1.19. The van der Waals surface area contributed by atoms with Crippen molar-refractivity contribution >= 4 is 17.2 Å². The molecule has 0 atom stereocenters. The van der Waals surface area contributed by atoms with E-state index in [1.807, 2.05) is 0 Å². The lowest BCUT2D eigenvalue weighted by Gasteiger charge is -2.30. The quantitative estimate of drug-likeness (QED) is 0.898. The third kappa shape index (κ3) is 4.01. The molecule has 1 aliphatic heterocycles. The largest absolute Gasteiger partial charge is 0.359 e. The van der Waals surface area contributed by atoms with Crippen LogP contribution in [0.4, 0.5) is 0 Å². The van der Waals surface area contributed by atoms with Gasteiger partial charge < -0.3 is 5.32 Å². The van der Waals surface area contributed by atoms with Gasteiger partial charge in [0.1, 0.15) is 0 Å². The predicted molar refractivity (Wildman–Crippen MR) is 78.2 cm³/mol. The molecule has 0 saturated carbocycles. The first-order valence-electron chi connectivity index (χ1n) is 7.10. The number of hydrogen-bond donors (Lipinski definition) is 1. The van der Waals surface area contributed by atoms with Crippen LogP contribution in [0, 0.1) is 5.92 Å². The molecule has 2 heterocycles. The highest BCUT2D eigenvalue weighted by molar-refractivity contribution is 7.09. The van der Waals surface area contributed by atoms with Crippen LogP contribution in [0.2, 0.25) is 0 Å². The summed E-state index contributed by atoms with van der Waals surface area (Å²) in [4.78, 5) is 18.6. The molecule has 0 spiro atoms. The highest BCUT2D eigenvalue weighted by atomic mass is 32.1. The lowest BCUT2D eigenvalue weighted by Crippen LogP contribution is -2.39. The number of aryl methyl sites for hydroxylation is 1. The van der Waals surface area contributed by atoms with Gasteiger partial charge in [0.15, 0.2) is 0 Å². The molecule has 0 unspecified atom stereocenters. The Hall–Kier alpha value is -0.940. The van der Waals surface area contributed by atoms with Gasteiger partial charge in [0.05, 0.1) is 10.7 Å². The first-order chi connectivity index (χ1) is 9.22. The number of nitrogens with zero attached hydrogens (tertiary/aromatic N) is 2. The zero-order valence-electron chi connectivity index (χ0n) is 11.8. The number of likely N-dealkylation sites (tertiary alicyclic amines) is 1. The summed E-state index contributed by atoms with van der Waals surface area (Å²) in [7, 11) is 1.72. The Morgan fingerprint density at radius 3 is 2.89 bits per heavy atom. The summed E-state index contributed by atoms with van der Waals surface area (Å²) in [5.74, 6) is 0.394. The van der Waals surface area contributed by atoms with Crippen LogP contribution < -0.4 is 5.32 Å². The number of carbonyl (C=O) groups is 1. The molecule has 0 aliphatic carbocycles. The summed E-state index contributed by atoms with van der Waals surface area (Å²) in [6, 6.07) is 0. The zero-order chi connectivity index (χ0) is 13.7. The van der Waals surface area contributed by atoms with E-state index in [4.69, 9.17) is 0 Å². The van der Waals surface area contributed by atoms with Gasteiger partial charge in [0.25, 0.3) is 0 Å². The molecule has 5 heteroatoms. The predicted octanol–water partition coefficient (Wildman–Crippen LogP) is 2.05. The average molecular weight is 281 g/mol. The summed E-state index contributed by atoms with van der Waals surface area (Å²) >= 11 is 1.77. The van der Waals surface area contributed by atoms with Crippen LogP contribution in [0.1, 0.15) is 36.9 Å². The fraction of sp³-hybridized carbons (Fsp3) is 0.714. The number of thiazole rings is 1. The minimum Gasteiger partial charge on any atom is -0.359 e. The molecule has 0 radical (unpaired) electrons. The van der Waals surface area contributed by atoms with Gasteiger partial charge in [-0.3, -0.25) is 9.69 Å². The van der Waals surface area contributed by atoms with Crippen molar-refractivity contribution in [2.45, 2.75) is 39.2 Å². The molecule has 1 aromatic rings. The molecule has 4 nitrogen and oxygen atoms in total. The molecule has 19 heavy (non-hydrogen) atoms. The van der Waals surface area contributed by atoms with Crippen molar-refractivity contribution < 1.29 is 4.79 Å². The number of amides is 1. The monoisotopic (exact) mass is 281 g/mol. The molecule has 1 aliphatic rings. The minimum atomic E-state index is 0.193. The van der Waals surface area contributed by atoms with E-state index in [0.29, 0.717) is 0 Å². The second-order valence-electron chi connectivity index (χ2n) is 5.15. The third-order valence-corrected chi connectivity index (χ3v) is 4.61. The first kappa shape index (κ1) is 14.5. The second-order valence-corrected chi connectivity index (χ2v) is 6.09. The standard InChI is InChI=1S/C14H23N3OS/c1-3-4-13-16-12(10-19-13)9-17-7-5-11(6-8-17)14(18)15-2/h10-11H,3-9H2,1-2H3,(H,15,18). The van der Waals surface area contributed by atoms with E-state index in [1.54, 1.807) is 18.4 Å². The molecule has 0 bridgehead atoms. The summed E-state index contributed by atoms with van der Waals surface area (Å²) in [5, 5.41) is 6.17. The Kier molecular flexibility index (Phi) is 5.34. The van der Waals surface area contributed by atoms with Gasteiger partial charge in [-0.25, -0.2) is 4.98 Å². The van der Waals surface area contributed by atoms with E-state index < -0.39 is 0 Å². The van der Waals surface area contributed by atoms with Crippen molar-refractivity contribution in [3.63, 3.8) is 0 Å². The lowest BCUT2D eigenvalue weighted by molar-refractivity contribution is -0.125. The minimum absolute atomic E-state index is 0.193. The van der Waals surface area contributed by atoms with Crippen molar-refractivity contribution in [3.8, 4) is 0 Å². The van der Waals surface area contributed by atoms with Gasteiger partial charge in [0, 0.05) is 24.9 Å². The lowest BCUT2D eigenvalue weighted by atomic mass is 9.96. The van der Waals surface area contributed by atoms with Crippen LogP contribution in [-0.4, -0.2) is 35.9 Å². The molecule has 1 N–H and O–H groups in total. The van der Waals surface area contributed by atoms with Gasteiger partial charge in [-0.15, -0.1) is 11.3 Å². The van der Waals surface area contributed by atoms with Gasteiger partial charge in [-0.05, 0) is 38.8 Å². The zero-order valence-corrected chi connectivity index (χ0v) is 12.6. The SMILES string of the molecule is CCCc1nc(CN2CCC(C(=O)NC)CC2)cs1. The molecule has 106 valence electrons. The number of aromatic nitrogens is 1. The van der Waals surface area contributed by atoms with E-state index in [9.17, 15) is 4.79 Å². The molecule has 2 rings (SSSR count). The second kappa shape index (κ2) is 7.01. The van der Waals surface area contributed by atoms with E-state index in [-0.39, 0.29) is 11.8 Å². The molecule has 0 aromatic carbocycles. The van der Waals surface area contributed by atoms with Crippen LogP contribution in [0.15, 0.2) is 5.38 Å². The maximum atomic E-state index is 11.6. The van der Waals surface area contributed by atoms with Crippen LogP contribution in [0.25, 0.3) is 0 Å². The van der Waals surface area contributed by atoms with Crippen molar-refractivity contribution in [2.75, 3.05) is 20.1 Å². The number of carbonyl (C=O) groups excluding carboxylic acids is 1. The molecule has 1 aromatic heterocycles. The maximum absolute atomic E-state index is 11.6. The average Bonchev–Trinajstić information content (AvgIpc) is 2.86. The van der Waals surface area contributed by atoms with Crippen LogP contribution >= 0.6 is 11.3 Å². The van der Waals surface area contributed by atoms with E-state index in [2.05, 4.69) is 27.5 Å². The molecular formula is C14H23N3OS. The highest BCUT2D eigenvalue weighted by Gasteiger charge is 2.24. The summed E-state index contributed by atoms with van der Waals surface area (Å²) in [6.07, 6.45) is 4.17. The maximum Gasteiger partial charge on any atom is 0.222 e. The third-order valence-electron chi connectivity index (χ3n) is 3.65. The number of piperidine rings is 1. The van der Waals surface area contributed by atoms with E-state index in [1.165, 1.54) is 10.7 Å². The number of rotatable bonds is 5. The number of hydrogen-bond acceptors (Lipinski definition) is 4. The van der Waals surface area contributed by atoms with Gasteiger partial charge in [0.2, 0.25) is 5.91 Å². The highest BCUT2D eigenvalue weighted by Crippen LogP contribution is 2.20. The molecular weight excluding hydrogens is 258 g/mol. The van der Waals surface area contributed by atoms with Gasteiger partial charge >= 0.3 is 0 Å². The van der Waals surface area contributed by atoms with Crippen molar-refractivity contribution in [1.82, 2.24) is 15.2 Å². The van der Waals surface area contributed by atoms with Crippen LogP contribution in [-0.2, 0) is 17.8 Å². The van der Waals surface area contributed by atoms with Crippen molar-refractivity contribution in [2.24, 2.45) is 5.92 Å². The fourth-order valence-corrected chi connectivity index (χ4v) is 3.43. The summed E-state index contributed by atoms with van der Waals surface area (Å²) in [6.45, 7) is 5.11. The summed E-state index contributed by atoms with van der Waals surface area (Å²) < 4.78 is 0. The smallest absolute Gasteiger partial charge is 0.222 e. The molecule has 1 amide bonds. The Labute approximate surface area is 119 Å². The van der Waals surface area contributed by atoms with Crippen molar-refractivity contribution in [1.29, 1.82) is 0 Å².